The van der Waals surface area contributed by atoms with E-state index in [1.54, 1.807) is 11.8 Å². The van der Waals surface area contributed by atoms with Crippen molar-refractivity contribution in [2.24, 2.45) is 0 Å². The first kappa shape index (κ1) is 15.2. The van der Waals surface area contributed by atoms with E-state index in [1.807, 2.05) is 60.7 Å². The smallest absolute Gasteiger partial charge is 0.138 e. The summed E-state index contributed by atoms with van der Waals surface area (Å²) in [4.78, 5) is 0.976. The summed E-state index contributed by atoms with van der Waals surface area (Å²) in [5, 5.41) is 9.30. The number of thioether (sulfide) groups is 1. The van der Waals surface area contributed by atoms with Gasteiger partial charge in [0.15, 0.2) is 0 Å². The third-order valence-electron chi connectivity index (χ3n) is 2.84. The van der Waals surface area contributed by atoms with Crippen molar-refractivity contribution in [1.29, 1.82) is 5.26 Å². The van der Waals surface area contributed by atoms with E-state index in [4.69, 9.17) is 4.74 Å². The fraction of sp³-hybridized carbons (Fsp3) is 0.167. The van der Waals surface area contributed by atoms with Crippen LogP contribution in [0.15, 0.2) is 59.5 Å². The molecule has 2 rings (SSSR count). The van der Waals surface area contributed by atoms with Gasteiger partial charge in [-0.05, 0) is 29.5 Å². The van der Waals surface area contributed by atoms with Gasteiger partial charge in [-0.3, -0.25) is 0 Å². The second kappa shape index (κ2) is 8.18. The summed E-state index contributed by atoms with van der Waals surface area (Å²) in [5.74, 6) is 1.58. The molecule has 0 radical (unpaired) electrons. The molecule has 3 heteroatoms. The molecular formula is C18H17NOS. The molecule has 0 heterocycles. The average molecular weight is 295 g/mol. The van der Waals surface area contributed by atoms with Crippen molar-refractivity contribution < 1.29 is 4.74 Å². The van der Waals surface area contributed by atoms with Crippen molar-refractivity contribution in [2.75, 3.05) is 12.4 Å². The molecule has 106 valence electrons. The number of hydrogen-bond acceptors (Lipinski definition) is 3. The topological polar surface area (TPSA) is 33.0 Å². The number of ether oxygens (including phenoxy) is 1. The molecule has 0 saturated heterocycles. The van der Waals surface area contributed by atoms with Crippen molar-refractivity contribution in [3.63, 3.8) is 0 Å². The lowest BCUT2D eigenvalue weighted by Gasteiger charge is -2.08. The summed E-state index contributed by atoms with van der Waals surface area (Å²) in [5.41, 5.74) is 1.76. The predicted octanol–water partition coefficient (Wildman–Crippen LogP) is 4.76. The third-order valence-corrected chi connectivity index (χ3v) is 3.78. The summed E-state index contributed by atoms with van der Waals surface area (Å²) >= 11 is 1.66. The Kier molecular flexibility index (Phi) is 5.93. The minimum atomic E-state index is 0.448. The molecule has 0 atom stereocenters. The van der Waals surface area contributed by atoms with Gasteiger partial charge >= 0.3 is 0 Å². The number of benzene rings is 2. The van der Waals surface area contributed by atoms with Gasteiger partial charge in [0, 0.05) is 4.90 Å². The van der Waals surface area contributed by atoms with Crippen LogP contribution in [0.2, 0.25) is 0 Å². The number of nitriles is 1. The monoisotopic (exact) mass is 295 g/mol. The van der Waals surface area contributed by atoms with Crippen LogP contribution in [-0.2, 0) is 0 Å². The van der Waals surface area contributed by atoms with Crippen LogP contribution in [0.4, 0.5) is 0 Å². The van der Waals surface area contributed by atoms with Crippen LogP contribution in [0.3, 0.4) is 0 Å². The Labute approximate surface area is 130 Å². The van der Waals surface area contributed by atoms with Crippen molar-refractivity contribution in [2.45, 2.75) is 11.8 Å². The van der Waals surface area contributed by atoms with Gasteiger partial charge in [-0.1, -0.05) is 49.4 Å². The molecule has 0 saturated carbocycles. The molecule has 0 aliphatic carbocycles. The first-order chi connectivity index (χ1) is 10.3. The van der Waals surface area contributed by atoms with Crippen LogP contribution < -0.4 is 4.74 Å². The predicted molar refractivity (Wildman–Crippen MR) is 88.5 cm³/mol. The van der Waals surface area contributed by atoms with E-state index >= 15 is 0 Å². The fourth-order valence-electron chi connectivity index (χ4n) is 1.90. The molecule has 0 aromatic heterocycles. The van der Waals surface area contributed by atoms with Crippen molar-refractivity contribution in [3.05, 3.63) is 65.7 Å². The second-order valence-corrected chi connectivity index (χ2v) is 5.60. The van der Waals surface area contributed by atoms with Gasteiger partial charge in [0.05, 0.1) is 0 Å². The molecule has 0 spiro atoms. The molecule has 0 amide bonds. The van der Waals surface area contributed by atoms with Gasteiger partial charge in [0.2, 0.25) is 0 Å². The molecule has 0 aliphatic rings. The highest BCUT2D eigenvalue weighted by molar-refractivity contribution is 7.99. The van der Waals surface area contributed by atoms with E-state index in [9.17, 15) is 5.26 Å². The Hall–Kier alpha value is -2.18. The Morgan fingerprint density at radius 3 is 2.67 bits per heavy atom. The highest BCUT2D eigenvalue weighted by atomic mass is 32.2. The van der Waals surface area contributed by atoms with Crippen LogP contribution in [-0.4, -0.2) is 12.4 Å². The van der Waals surface area contributed by atoms with Crippen LogP contribution in [0, 0.1) is 11.3 Å². The van der Waals surface area contributed by atoms with E-state index in [0.29, 0.717) is 17.9 Å². The van der Waals surface area contributed by atoms with Gasteiger partial charge in [0.25, 0.3) is 0 Å². The summed E-state index contributed by atoms with van der Waals surface area (Å²) < 4.78 is 5.71. The summed E-state index contributed by atoms with van der Waals surface area (Å²) in [6.45, 7) is 2.52. The highest BCUT2D eigenvalue weighted by Crippen LogP contribution is 2.29. The van der Waals surface area contributed by atoms with Gasteiger partial charge in [-0.15, -0.1) is 11.8 Å². The molecule has 21 heavy (non-hydrogen) atoms. The van der Waals surface area contributed by atoms with Crippen LogP contribution in [0.1, 0.15) is 18.1 Å². The van der Waals surface area contributed by atoms with E-state index in [0.717, 1.165) is 16.2 Å². The Balaban J connectivity index is 2.02. The maximum Gasteiger partial charge on any atom is 0.138 e. The second-order valence-electron chi connectivity index (χ2n) is 4.30. The highest BCUT2D eigenvalue weighted by Gasteiger charge is 2.08. The minimum Gasteiger partial charge on any atom is -0.488 e. The van der Waals surface area contributed by atoms with Gasteiger partial charge in [-0.2, -0.15) is 5.26 Å². The molecule has 2 aromatic rings. The molecule has 0 aliphatic heterocycles. The van der Waals surface area contributed by atoms with Gasteiger partial charge in [-0.25, -0.2) is 0 Å². The Bertz CT molecular complexity index is 644. The maximum atomic E-state index is 9.30. The first-order valence-corrected chi connectivity index (χ1v) is 7.84. The zero-order chi connectivity index (χ0) is 14.9. The number of hydrogen-bond donors (Lipinski definition) is 0. The normalized spacial score (nSPS) is 10.5. The molecular weight excluding hydrogens is 278 g/mol. The molecule has 0 N–H and O–H groups in total. The SMILES string of the molecule is CCSc1cccc(OC/C=C/c2ccccc2)c1C#N. The zero-order valence-corrected chi connectivity index (χ0v) is 12.8. The summed E-state index contributed by atoms with van der Waals surface area (Å²) in [6.07, 6.45) is 3.97. The van der Waals surface area contributed by atoms with Crippen LogP contribution in [0.25, 0.3) is 6.08 Å². The fourth-order valence-corrected chi connectivity index (χ4v) is 2.68. The van der Waals surface area contributed by atoms with E-state index in [-0.39, 0.29) is 0 Å². The molecule has 0 unspecified atom stereocenters. The lowest BCUT2D eigenvalue weighted by atomic mass is 10.2. The maximum absolute atomic E-state index is 9.30. The molecule has 0 fully saturated rings. The third kappa shape index (κ3) is 4.40. The zero-order valence-electron chi connectivity index (χ0n) is 12.0. The summed E-state index contributed by atoms with van der Waals surface area (Å²) in [7, 11) is 0. The van der Waals surface area contributed by atoms with Crippen molar-refractivity contribution in [3.8, 4) is 11.8 Å². The standard InChI is InChI=1S/C18H17NOS/c1-2-21-18-12-6-11-17(16(18)14-19)20-13-7-10-15-8-4-3-5-9-15/h3-12H,2,13H2,1H3/b10-7+. The van der Waals surface area contributed by atoms with Crippen molar-refractivity contribution >= 4 is 17.8 Å². The minimum absolute atomic E-state index is 0.448. The molecule has 2 aromatic carbocycles. The molecule has 2 nitrogen and oxygen atoms in total. The Morgan fingerprint density at radius 2 is 1.95 bits per heavy atom. The number of nitrogens with zero attached hydrogens (tertiary/aromatic N) is 1. The quantitative estimate of drug-likeness (QED) is 0.720. The van der Waals surface area contributed by atoms with Crippen molar-refractivity contribution in [1.82, 2.24) is 0 Å². The van der Waals surface area contributed by atoms with Crippen LogP contribution >= 0.6 is 11.8 Å². The van der Waals surface area contributed by atoms with Gasteiger partial charge in [0.1, 0.15) is 24.0 Å². The van der Waals surface area contributed by atoms with Gasteiger partial charge < -0.3 is 4.74 Å². The number of rotatable bonds is 6. The first-order valence-electron chi connectivity index (χ1n) is 6.85. The Morgan fingerprint density at radius 1 is 1.14 bits per heavy atom. The lowest BCUT2D eigenvalue weighted by Crippen LogP contribution is -1.97. The molecule has 0 bridgehead atoms. The lowest BCUT2D eigenvalue weighted by molar-refractivity contribution is 0.361. The van der Waals surface area contributed by atoms with E-state index < -0.39 is 0 Å². The van der Waals surface area contributed by atoms with E-state index in [2.05, 4.69) is 13.0 Å². The summed E-state index contributed by atoms with van der Waals surface area (Å²) in [6, 6.07) is 18.0. The van der Waals surface area contributed by atoms with Crippen LogP contribution in [0.5, 0.6) is 5.75 Å². The van der Waals surface area contributed by atoms with E-state index in [1.165, 1.54) is 0 Å². The average Bonchev–Trinajstić information content (AvgIpc) is 2.53. The largest absolute Gasteiger partial charge is 0.488 e.